The molecule has 1 unspecified atom stereocenters. The van der Waals surface area contributed by atoms with Crippen molar-refractivity contribution < 1.29 is 13.9 Å². The molecule has 0 spiro atoms. The summed E-state index contributed by atoms with van der Waals surface area (Å²) in [5.41, 5.74) is 0. The van der Waals surface area contributed by atoms with E-state index in [1.54, 1.807) is 0 Å². The summed E-state index contributed by atoms with van der Waals surface area (Å²) >= 11 is 5.16. The Labute approximate surface area is 82.4 Å². The number of unbranched alkanes of at least 4 members (excludes halogenated alkanes) is 3. The van der Waals surface area contributed by atoms with Gasteiger partial charge in [0.25, 0.3) is 6.08 Å². The van der Waals surface area contributed by atoms with E-state index in [2.05, 4.69) is 6.92 Å². The van der Waals surface area contributed by atoms with Crippen LogP contribution in [0.15, 0.2) is 11.1 Å². The Morgan fingerprint density at radius 3 is 2.38 bits per heavy atom. The van der Waals surface area contributed by atoms with Crippen LogP contribution in [-0.4, -0.2) is 11.2 Å². The third-order valence-corrected chi connectivity index (χ3v) is 2.20. The highest BCUT2D eigenvalue weighted by atomic mass is 35.5. The van der Waals surface area contributed by atoms with Gasteiger partial charge in [-0.2, -0.15) is 8.78 Å². The van der Waals surface area contributed by atoms with E-state index in [0.717, 1.165) is 25.7 Å². The van der Waals surface area contributed by atoms with Gasteiger partial charge in [0, 0.05) is 0 Å². The van der Waals surface area contributed by atoms with Gasteiger partial charge < -0.3 is 5.11 Å². The molecular formula is C9H15ClF2O. The number of halogens is 3. The van der Waals surface area contributed by atoms with Gasteiger partial charge in [0.1, 0.15) is 5.03 Å². The van der Waals surface area contributed by atoms with E-state index in [1.165, 1.54) is 0 Å². The number of aliphatic hydroxyl groups excluding tert-OH is 1. The zero-order valence-electron chi connectivity index (χ0n) is 7.69. The lowest BCUT2D eigenvalue weighted by Crippen LogP contribution is -2.06. The zero-order valence-corrected chi connectivity index (χ0v) is 8.45. The Morgan fingerprint density at radius 2 is 1.92 bits per heavy atom. The van der Waals surface area contributed by atoms with Gasteiger partial charge in [-0.3, -0.25) is 0 Å². The third-order valence-electron chi connectivity index (χ3n) is 1.80. The number of aliphatic hydroxyl groups is 1. The maximum atomic E-state index is 11.8. The Morgan fingerprint density at radius 1 is 1.31 bits per heavy atom. The Balaban J connectivity index is 3.63. The van der Waals surface area contributed by atoms with Crippen molar-refractivity contribution in [2.24, 2.45) is 0 Å². The summed E-state index contributed by atoms with van der Waals surface area (Å²) in [6.07, 6.45) is 0.969. The molecule has 1 atom stereocenters. The van der Waals surface area contributed by atoms with Crippen LogP contribution in [0.5, 0.6) is 0 Å². The van der Waals surface area contributed by atoms with Crippen molar-refractivity contribution in [1.82, 2.24) is 0 Å². The van der Waals surface area contributed by atoms with Crippen LogP contribution >= 0.6 is 11.6 Å². The molecule has 13 heavy (non-hydrogen) atoms. The first-order valence-corrected chi connectivity index (χ1v) is 4.86. The highest BCUT2D eigenvalue weighted by Crippen LogP contribution is 2.20. The minimum atomic E-state index is -1.98. The van der Waals surface area contributed by atoms with Gasteiger partial charge in [0.15, 0.2) is 0 Å². The molecule has 0 aliphatic rings. The first kappa shape index (κ1) is 12.8. The molecule has 0 aliphatic heterocycles. The van der Waals surface area contributed by atoms with E-state index < -0.39 is 17.2 Å². The normalized spacial score (nSPS) is 12.7. The van der Waals surface area contributed by atoms with Crippen LogP contribution < -0.4 is 0 Å². The largest absolute Gasteiger partial charge is 0.387 e. The van der Waals surface area contributed by atoms with Crippen LogP contribution in [0.1, 0.15) is 39.0 Å². The van der Waals surface area contributed by atoms with Gasteiger partial charge in [-0.05, 0) is 6.42 Å². The third kappa shape index (κ3) is 5.99. The molecule has 0 radical (unpaired) electrons. The van der Waals surface area contributed by atoms with Crippen molar-refractivity contribution in [2.45, 2.75) is 45.1 Å². The summed E-state index contributed by atoms with van der Waals surface area (Å²) in [5.74, 6) is 0. The smallest absolute Gasteiger partial charge is 0.287 e. The predicted molar refractivity (Wildman–Crippen MR) is 49.9 cm³/mol. The molecule has 0 fully saturated rings. The zero-order chi connectivity index (χ0) is 10.3. The standard InChI is InChI=1S/C9H15ClF2O/c1-2-3-4-5-6-7(13)8(10)9(11)12/h7,13H,2-6H2,1H3. The van der Waals surface area contributed by atoms with E-state index >= 15 is 0 Å². The Hall–Kier alpha value is -0.150. The van der Waals surface area contributed by atoms with Crippen molar-refractivity contribution in [3.05, 3.63) is 11.1 Å². The van der Waals surface area contributed by atoms with E-state index in [0.29, 0.717) is 6.42 Å². The molecule has 0 rings (SSSR count). The lowest BCUT2D eigenvalue weighted by atomic mass is 10.1. The number of hydrogen-bond acceptors (Lipinski definition) is 1. The van der Waals surface area contributed by atoms with Crippen LogP contribution in [-0.2, 0) is 0 Å². The summed E-state index contributed by atoms with van der Waals surface area (Å²) in [7, 11) is 0. The van der Waals surface area contributed by atoms with Crippen LogP contribution in [0.2, 0.25) is 0 Å². The van der Waals surface area contributed by atoms with Crippen LogP contribution in [0, 0.1) is 0 Å². The van der Waals surface area contributed by atoms with Gasteiger partial charge in [-0.15, -0.1) is 0 Å². The second-order valence-corrected chi connectivity index (χ2v) is 3.38. The Kier molecular flexibility index (Phi) is 7.19. The predicted octanol–water partition coefficient (Wildman–Crippen LogP) is 3.66. The van der Waals surface area contributed by atoms with Gasteiger partial charge in [0.2, 0.25) is 0 Å². The van der Waals surface area contributed by atoms with Crippen molar-refractivity contribution in [3.63, 3.8) is 0 Å². The molecule has 0 aromatic carbocycles. The van der Waals surface area contributed by atoms with Crippen molar-refractivity contribution >= 4 is 11.6 Å². The van der Waals surface area contributed by atoms with E-state index in [-0.39, 0.29) is 0 Å². The number of hydrogen-bond donors (Lipinski definition) is 1. The molecule has 0 aromatic heterocycles. The average Bonchev–Trinajstić information content (AvgIpc) is 2.10. The summed E-state index contributed by atoms with van der Waals surface area (Å²) in [6.45, 7) is 2.06. The van der Waals surface area contributed by atoms with Crippen molar-refractivity contribution in [1.29, 1.82) is 0 Å². The van der Waals surface area contributed by atoms with E-state index in [4.69, 9.17) is 16.7 Å². The molecule has 0 aliphatic carbocycles. The highest BCUT2D eigenvalue weighted by molar-refractivity contribution is 6.30. The summed E-state index contributed by atoms with van der Waals surface area (Å²) in [5, 5.41) is 8.41. The fourth-order valence-corrected chi connectivity index (χ4v) is 1.13. The minimum Gasteiger partial charge on any atom is -0.387 e. The lowest BCUT2D eigenvalue weighted by molar-refractivity contribution is 0.195. The fourth-order valence-electron chi connectivity index (χ4n) is 1.02. The maximum Gasteiger partial charge on any atom is 0.287 e. The lowest BCUT2D eigenvalue weighted by Gasteiger charge is -2.07. The molecule has 0 saturated heterocycles. The SMILES string of the molecule is CCCCCCC(O)C(Cl)=C(F)F. The second kappa shape index (κ2) is 7.27. The maximum absolute atomic E-state index is 11.8. The van der Waals surface area contributed by atoms with Crippen LogP contribution in [0.4, 0.5) is 8.78 Å². The molecule has 0 aromatic rings. The van der Waals surface area contributed by atoms with Crippen LogP contribution in [0.25, 0.3) is 0 Å². The molecule has 1 nitrogen and oxygen atoms in total. The van der Waals surface area contributed by atoms with Gasteiger partial charge >= 0.3 is 0 Å². The fraction of sp³-hybridized carbons (Fsp3) is 0.778. The first-order valence-electron chi connectivity index (χ1n) is 4.48. The average molecular weight is 213 g/mol. The van der Waals surface area contributed by atoms with Crippen molar-refractivity contribution in [2.75, 3.05) is 0 Å². The molecule has 1 N–H and O–H groups in total. The molecule has 78 valence electrons. The molecule has 0 heterocycles. The number of rotatable bonds is 6. The second-order valence-electron chi connectivity index (χ2n) is 2.97. The van der Waals surface area contributed by atoms with E-state index in [9.17, 15) is 8.78 Å². The monoisotopic (exact) mass is 212 g/mol. The Bertz CT molecular complexity index is 167. The van der Waals surface area contributed by atoms with Gasteiger partial charge in [-0.1, -0.05) is 44.2 Å². The summed E-state index contributed by atoms with van der Waals surface area (Å²) in [6, 6.07) is 0. The topological polar surface area (TPSA) is 20.2 Å². The van der Waals surface area contributed by atoms with E-state index in [1.807, 2.05) is 0 Å². The van der Waals surface area contributed by atoms with Crippen LogP contribution in [0.3, 0.4) is 0 Å². The molecule has 4 heteroatoms. The molecule has 0 amide bonds. The van der Waals surface area contributed by atoms with Gasteiger partial charge in [-0.25, -0.2) is 0 Å². The summed E-state index contributed by atoms with van der Waals surface area (Å²) in [4.78, 5) is 0. The quantitative estimate of drug-likeness (QED) is 0.667. The molecule has 0 saturated carbocycles. The highest BCUT2D eigenvalue weighted by Gasteiger charge is 2.13. The minimum absolute atomic E-state index is 0.316. The molecule has 0 bridgehead atoms. The van der Waals surface area contributed by atoms with Crippen molar-refractivity contribution in [3.8, 4) is 0 Å². The summed E-state index contributed by atoms with van der Waals surface area (Å²) < 4.78 is 23.7. The van der Waals surface area contributed by atoms with Gasteiger partial charge in [0.05, 0.1) is 6.10 Å². The first-order chi connectivity index (χ1) is 6.09. The molecular weight excluding hydrogens is 198 g/mol.